The number of piperazine rings is 1. The van der Waals surface area contributed by atoms with Crippen LogP contribution in [0, 0.1) is 12.3 Å². The third-order valence-corrected chi connectivity index (χ3v) is 10.5. The highest BCUT2D eigenvalue weighted by molar-refractivity contribution is 7.13. The fraction of sp³-hybridized carbons (Fsp3) is 0.405. The van der Waals surface area contributed by atoms with Crippen molar-refractivity contribution in [1.82, 2.24) is 35.6 Å². The summed E-state index contributed by atoms with van der Waals surface area (Å²) in [5.74, 6) is -0.469. The van der Waals surface area contributed by atoms with Crippen LogP contribution in [0.4, 0.5) is 16.3 Å². The Morgan fingerprint density at radius 1 is 1.04 bits per heavy atom. The van der Waals surface area contributed by atoms with Gasteiger partial charge in [-0.2, -0.15) is 0 Å². The minimum Gasteiger partial charge on any atom is -0.507 e. The number of aliphatic hydroxyl groups is 1. The van der Waals surface area contributed by atoms with Crippen molar-refractivity contribution in [3.8, 4) is 27.4 Å². The number of amides is 4. The van der Waals surface area contributed by atoms with Crippen LogP contribution in [-0.2, 0) is 16.1 Å². The number of nitrogens with zero attached hydrogens (tertiary/aromatic N) is 6. The average Bonchev–Trinajstić information content (AvgIpc) is 3.74. The molecule has 6 rings (SSSR count). The Labute approximate surface area is 306 Å². The normalized spacial score (nSPS) is 18.3. The molecule has 52 heavy (non-hydrogen) atoms. The van der Waals surface area contributed by atoms with Crippen LogP contribution in [0.2, 0.25) is 0 Å². The lowest BCUT2D eigenvalue weighted by molar-refractivity contribution is -0.142. The standard InChI is InChI=1S/C37H45N9O5S/c1-22-31(52-21-40-22)24-11-9-23(10-12-24)19-39-34(49)29-17-25(47)20-46(29)35(50)32(37(2,3)4)41-36(51)45-15-13-44(14-16-45)28-18-27(42-43-33(28)38)26-7-5-6-8-30(26)48/h5-12,18,21,25,29,32,47-48H,13-17,19-20H2,1-4H3,(H2,38,43)(H,39,49)(H,41,51)/t25-,29+,32-/m1/s1. The number of aromatic nitrogens is 3. The van der Waals surface area contributed by atoms with E-state index in [4.69, 9.17) is 5.73 Å². The molecule has 3 atom stereocenters. The van der Waals surface area contributed by atoms with Gasteiger partial charge in [0, 0.05) is 51.3 Å². The monoisotopic (exact) mass is 727 g/mol. The second-order valence-corrected chi connectivity index (χ2v) is 15.2. The summed E-state index contributed by atoms with van der Waals surface area (Å²) in [4.78, 5) is 51.7. The maximum absolute atomic E-state index is 14.1. The molecule has 2 saturated heterocycles. The van der Waals surface area contributed by atoms with Crippen LogP contribution >= 0.6 is 11.3 Å². The molecular weight excluding hydrogens is 683 g/mol. The lowest BCUT2D eigenvalue weighted by Gasteiger charge is -2.39. The number of aliphatic hydroxyl groups excluding tert-OH is 1. The van der Waals surface area contributed by atoms with E-state index < -0.39 is 35.5 Å². The molecule has 274 valence electrons. The van der Waals surface area contributed by atoms with Crippen LogP contribution in [-0.4, -0.2) is 104 Å². The van der Waals surface area contributed by atoms with Crippen LogP contribution in [0.5, 0.6) is 5.75 Å². The Kier molecular flexibility index (Phi) is 10.6. The number of hydrogen-bond acceptors (Lipinski definition) is 11. The zero-order valence-corrected chi connectivity index (χ0v) is 30.6. The third-order valence-electron chi connectivity index (χ3n) is 9.56. The summed E-state index contributed by atoms with van der Waals surface area (Å²) < 4.78 is 0. The van der Waals surface area contributed by atoms with Crippen LogP contribution in [0.3, 0.4) is 0 Å². The lowest BCUT2D eigenvalue weighted by atomic mass is 9.85. The maximum atomic E-state index is 14.1. The molecule has 2 aliphatic heterocycles. The van der Waals surface area contributed by atoms with E-state index in [1.165, 1.54) is 4.90 Å². The number of likely N-dealkylation sites (tertiary alicyclic amines) is 1. The van der Waals surface area contributed by atoms with Crippen LogP contribution in [0.25, 0.3) is 21.7 Å². The molecule has 2 aliphatic rings. The summed E-state index contributed by atoms with van der Waals surface area (Å²) in [6.07, 6.45) is -0.764. The maximum Gasteiger partial charge on any atom is 0.318 e. The zero-order chi connectivity index (χ0) is 37.2. The molecule has 14 nitrogen and oxygen atoms in total. The summed E-state index contributed by atoms with van der Waals surface area (Å²) in [5, 5.41) is 35.0. The van der Waals surface area contributed by atoms with Gasteiger partial charge >= 0.3 is 6.03 Å². The SMILES string of the molecule is Cc1ncsc1-c1ccc(CNC(=O)[C@@H]2C[C@@H](O)CN2C(=O)[C@@H](NC(=O)N2CCN(c3cc(-c4ccccc4O)nnc3N)CC2)C(C)(C)C)cc1. The minimum absolute atomic E-state index is 0.00885. The Balaban J connectivity index is 1.07. The van der Waals surface area contributed by atoms with E-state index in [1.54, 1.807) is 46.6 Å². The highest BCUT2D eigenvalue weighted by Crippen LogP contribution is 2.32. The summed E-state index contributed by atoms with van der Waals surface area (Å²) in [7, 11) is 0. The number of phenols is 1. The number of β-amino-alcohol motifs (C(OH)–C–C–N with tert-alkyl or cyclic N) is 1. The zero-order valence-electron chi connectivity index (χ0n) is 29.7. The van der Waals surface area contributed by atoms with Gasteiger partial charge in [-0.1, -0.05) is 57.2 Å². The molecule has 4 aromatic rings. The van der Waals surface area contributed by atoms with Gasteiger partial charge in [0.2, 0.25) is 11.8 Å². The van der Waals surface area contributed by atoms with E-state index in [9.17, 15) is 24.6 Å². The van der Waals surface area contributed by atoms with Gasteiger partial charge in [0.15, 0.2) is 5.82 Å². The summed E-state index contributed by atoms with van der Waals surface area (Å²) >= 11 is 1.57. The van der Waals surface area contributed by atoms with E-state index in [0.29, 0.717) is 43.1 Å². The number of urea groups is 1. The van der Waals surface area contributed by atoms with Gasteiger partial charge in [0.1, 0.15) is 17.8 Å². The van der Waals surface area contributed by atoms with E-state index >= 15 is 0 Å². The number of phenolic OH excluding ortho intramolecular Hbond substituents is 1. The number of nitrogens with two attached hydrogens (primary N) is 1. The first-order valence-electron chi connectivity index (χ1n) is 17.3. The third kappa shape index (κ3) is 7.95. The van der Waals surface area contributed by atoms with Crippen molar-refractivity contribution in [2.45, 2.75) is 58.8 Å². The molecule has 0 unspecified atom stereocenters. The number of aromatic hydroxyl groups is 1. The second-order valence-electron chi connectivity index (χ2n) is 14.3. The number of nitrogens with one attached hydrogen (secondary N) is 2. The smallest absolute Gasteiger partial charge is 0.318 e. The molecule has 4 heterocycles. The Bertz CT molecular complexity index is 1920. The van der Waals surface area contributed by atoms with Gasteiger partial charge < -0.3 is 41.3 Å². The van der Waals surface area contributed by atoms with Gasteiger partial charge in [-0.25, -0.2) is 9.78 Å². The predicted molar refractivity (Wildman–Crippen MR) is 199 cm³/mol. The highest BCUT2D eigenvalue weighted by atomic mass is 32.1. The van der Waals surface area contributed by atoms with Gasteiger partial charge in [-0.15, -0.1) is 21.5 Å². The van der Waals surface area contributed by atoms with Crippen molar-refractivity contribution >= 4 is 40.7 Å². The Morgan fingerprint density at radius 3 is 2.40 bits per heavy atom. The highest BCUT2D eigenvalue weighted by Gasteiger charge is 2.45. The number of carbonyl (C=O) groups is 3. The Hall–Kier alpha value is -5.28. The van der Waals surface area contributed by atoms with Gasteiger partial charge in [-0.05, 0) is 41.7 Å². The molecule has 6 N–H and O–H groups in total. The second kappa shape index (κ2) is 15.1. The number of thiazole rings is 1. The molecule has 0 saturated carbocycles. The van der Waals surface area contributed by atoms with E-state index in [0.717, 1.165) is 21.7 Å². The molecule has 2 aromatic heterocycles. The van der Waals surface area contributed by atoms with Crippen molar-refractivity contribution in [3.05, 3.63) is 71.4 Å². The number of carbonyl (C=O) groups excluding carboxylic acids is 3. The van der Waals surface area contributed by atoms with E-state index in [-0.39, 0.29) is 37.0 Å². The molecule has 0 radical (unpaired) electrons. The number of aryl methyl sites for hydroxylation is 1. The van der Waals surface area contributed by atoms with Crippen molar-refractivity contribution < 1.29 is 24.6 Å². The van der Waals surface area contributed by atoms with Gasteiger partial charge in [-0.3, -0.25) is 9.59 Å². The molecule has 0 bridgehead atoms. The molecule has 15 heteroatoms. The fourth-order valence-electron chi connectivity index (χ4n) is 6.61. The number of nitrogen functional groups attached to an aromatic ring is 1. The molecule has 0 spiro atoms. The van der Waals surface area contributed by atoms with E-state index in [2.05, 4.69) is 25.8 Å². The first-order valence-corrected chi connectivity index (χ1v) is 18.2. The molecule has 4 amide bonds. The van der Waals surface area contributed by atoms with Crippen molar-refractivity contribution in [1.29, 1.82) is 0 Å². The number of rotatable bonds is 8. The number of anilines is 2. The van der Waals surface area contributed by atoms with Crippen LogP contribution in [0.15, 0.2) is 60.1 Å². The Morgan fingerprint density at radius 2 is 1.75 bits per heavy atom. The first kappa shape index (κ1) is 36.5. The number of benzene rings is 2. The van der Waals surface area contributed by atoms with Gasteiger partial charge in [0.05, 0.1) is 33.6 Å². The average molecular weight is 728 g/mol. The minimum atomic E-state index is -0.956. The van der Waals surface area contributed by atoms with Crippen LogP contribution < -0.4 is 21.3 Å². The quantitative estimate of drug-likeness (QED) is 0.180. The topological polar surface area (TPSA) is 190 Å². The summed E-state index contributed by atoms with van der Waals surface area (Å²) in [5.41, 5.74) is 11.9. The van der Waals surface area contributed by atoms with Crippen molar-refractivity contribution in [2.75, 3.05) is 43.4 Å². The summed E-state index contributed by atoms with van der Waals surface area (Å²) in [6, 6.07) is 14.3. The lowest BCUT2D eigenvalue weighted by Crippen LogP contribution is -2.61. The largest absolute Gasteiger partial charge is 0.507 e. The molecule has 0 aliphatic carbocycles. The van der Waals surface area contributed by atoms with Crippen LogP contribution in [0.1, 0.15) is 38.4 Å². The first-order chi connectivity index (χ1) is 24.8. The van der Waals surface area contributed by atoms with Crippen molar-refractivity contribution in [2.24, 2.45) is 5.41 Å². The van der Waals surface area contributed by atoms with Crippen molar-refractivity contribution in [3.63, 3.8) is 0 Å². The number of para-hydroxylation sites is 1. The van der Waals surface area contributed by atoms with Gasteiger partial charge in [0.25, 0.3) is 0 Å². The molecule has 2 fully saturated rings. The fourth-order valence-corrected chi connectivity index (χ4v) is 7.42. The summed E-state index contributed by atoms with van der Waals surface area (Å²) in [6.45, 7) is 9.39. The number of hydrogen-bond donors (Lipinski definition) is 5. The predicted octanol–water partition coefficient (Wildman–Crippen LogP) is 3.39. The molecule has 2 aromatic carbocycles. The van der Waals surface area contributed by atoms with E-state index in [1.807, 2.05) is 62.4 Å². The molecular formula is C37H45N9O5S.